The molecule has 2 rings (SSSR count). The van der Waals surface area contributed by atoms with E-state index in [2.05, 4.69) is 11.1 Å². The third kappa shape index (κ3) is 2.11. The molecule has 0 fully saturated rings. The van der Waals surface area contributed by atoms with Crippen molar-refractivity contribution in [3.8, 4) is 17.5 Å². The number of hydrogen-bond donors (Lipinski definition) is 0. The molecule has 0 saturated heterocycles. The lowest BCUT2D eigenvalue weighted by atomic mass is 9.97. The second kappa shape index (κ2) is 4.01. The van der Waals surface area contributed by atoms with Crippen molar-refractivity contribution in [2.75, 3.05) is 0 Å². The number of rotatable bonds is 2. The predicted molar refractivity (Wildman–Crippen MR) is 67.9 cm³/mol. The van der Waals surface area contributed by atoms with Crippen LogP contribution in [0.3, 0.4) is 0 Å². The molecule has 0 aliphatic rings. The number of thiazole rings is 1. The Kier molecular flexibility index (Phi) is 2.80. The average molecular weight is 246 g/mol. The van der Waals surface area contributed by atoms with Gasteiger partial charge in [0.25, 0.3) is 0 Å². The molecule has 0 aliphatic heterocycles. The molecule has 2 aromatic heterocycles. The van der Waals surface area contributed by atoms with E-state index in [1.54, 1.807) is 11.3 Å². The fourth-order valence-corrected chi connectivity index (χ4v) is 2.47. The quantitative estimate of drug-likeness (QED) is 0.809. The number of nitriles is 1. The molecule has 3 nitrogen and oxygen atoms in total. The molecule has 0 amide bonds. The Hall–Kier alpha value is -1.60. The Balaban J connectivity index is 2.49. The van der Waals surface area contributed by atoms with Crippen LogP contribution in [0, 0.1) is 25.2 Å². The van der Waals surface area contributed by atoms with Gasteiger partial charge in [0, 0.05) is 4.88 Å². The van der Waals surface area contributed by atoms with Gasteiger partial charge in [-0.25, -0.2) is 4.98 Å². The number of hydrogen-bond acceptors (Lipinski definition) is 4. The highest BCUT2D eigenvalue weighted by Crippen LogP contribution is 2.34. The highest BCUT2D eigenvalue weighted by atomic mass is 32.1. The van der Waals surface area contributed by atoms with Crippen molar-refractivity contribution >= 4 is 11.3 Å². The number of furan rings is 1. The largest absolute Gasteiger partial charge is 0.460 e. The maximum atomic E-state index is 9.12. The van der Waals surface area contributed by atoms with Crippen LogP contribution in [0.25, 0.3) is 11.5 Å². The minimum Gasteiger partial charge on any atom is -0.460 e. The molecule has 0 aliphatic carbocycles. The van der Waals surface area contributed by atoms with Crippen LogP contribution in [-0.2, 0) is 5.41 Å². The van der Waals surface area contributed by atoms with Crippen LogP contribution in [0.1, 0.15) is 29.5 Å². The molecule has 2 heterocycles. The van der Waals surface area contributed by atoms with E-state index in [0.717, 1.165) is 27.1 Å². The number of aromatic nitrogens is 1. The normalized spacial score (nSPS) is 11.5. The van der Waals surface area contributed by atoms with E-state index in [4.69, 9.17) is 9.68 Å². The van der Waals surface area contributed by atoms with Gasteiger partial charge in [-0.2, -0.15) is 5.26 Å². The molecule has 0 unspecified atom stereocenters. The fraction of sp³-hybridized carbons (Fsp3) is 0.385. The minimum atomic E-state index is -0.546. The van der Waals surface area contributed by atoms with Crippen molar-refractivity contribution in [2.45, 2.75) is 33.1 Å². The van der Waals surface area contributed by atoms with Crippen molar-refractivity contribution in [1.82, 2.24) is 4.98 Å². The van der Waals surface area contributed by atoms with E-state index in [-0.39, 0.29) is 0 Å². The second-order valence-corrected chi connectivity index (χ2v) is 5.77. The lowest BCUT2D eigenvalue weighted by Crippen LogP contribution is -2.13. The first-order valence-corrected chi connectivity index (χ1v) is 6.21. The topological polar surface area (TPSA) is 49.8 Å². The standard InChI is InChI=1S/C13H14N2OS/c1-8-5-6-10(16-8)11-9(2)17-12(15-11)13(3,4)7-14/h5-6H,1-4H3. The van der Waals surface area contributed by atoms with Crippen LogP contribution in [0.4, 0.5) is 0 Å². The van der Waals surface area contributed by atoms with Crippen LogP contribution in [-0.4, -0.2) is 4.98 Å². The molecule has 0 bridgehead atoms. The van der Waals surface area contributed by atoms with Crippen molar-refractivity contribution < 1.29 is 4.42 Å². The van der Waals surface area contributed by atoms with E-state index in [1.165, 1.54) is 0 Å². The van der Waals surface area contributed by atoms with Crippen molar-refractivity contribution in [2.24, 2.45) is 0 Å². The first-order chi connectivity index (χ1) is 7.94. The molecule has 0 radical (unpaired) electrons. The third-order valence-corrected chi connectivity index (χ3v) is 3.88. The lowest BCUT2D eigenvalue weighted by molar-refractivity contribution is 0.546. The molecular formula is C13H14N2OS. The summed E-state index contributed by atoms with van der Waals surface area (Å²) >= 11 is 1.56. The molecule has 2 aromatic rings. The number of aryl methyl sites for hydroxylation is 2. The third-order valence-electron chi connectivity index (χ3n) is 2.58. The first-order valence-electron chi connectivity index (χ1n) is 5.40. The predicted octanol–water partition coefficient (Wildman–Crippen LogP) is 3.82. The van der Waals surface area contributed by atoms with Gasteiger partial charge in [-0.1, -0.05) is 0 Å². The van der Waals surface area contributed by atoms with Gasteiger partial charge in [-0.15, -0.1) is 11.3 Å². The molecule has 0 atom stereocenters. The summed E-state index contributed by atoms with van der Waals surface area (Å²) in [7, 11) is 0. The Labute approximate surface area is 105 Å². The zero-order chi connectivity index (χ0) is 12.6. The Morgan fingerprint density at radius 1 is 1.35 bits per heavy atom. The second-order valence-electron chi connectivity index (χ2n) is 4.57. The van der Waals surface area contributed by atoms with E-state index < -0.39 is 5.41 Å². The molecule has 0 saturated carbocycles. The molecule has 0 spiro atoms. The molecule has 4 heteroatoms. The SMILES string of the molecule is Cc1ccc(-c2nc(C(C)(C)C#N)sc2C)o1. The zero-order valence-electron chi connectivity index (χ0n) is 10.4. The van der Waals surface area contributed by atoms with Crippen LogP contribution < -0.4 is 0 Å². The monoisotopic (exact) mass is 246 g/mol. The summed E-state index contributed by atoms with van der Waals surface area (Å²) in [5, 5.41) is 9.95. The van der Waals surface area contributed by atoms with Gasteiger partial charge in [0.2, 0.25) is 0 Å². The van der Waals surface area contributed by atoms with Gasteiger partial charge >= 0.3 is 0 Å². The van der Waals surface area contributed by atoms with E-state index in [0.29, 0.717) is 0 Å². The van der Waals surface area contributed by atoms with E-state index in [9.17, 15) is 0 Å². The fourth-order valence-electron chi connectivity index (χ4n) is 1.50. The summed E-state index contributed by atoms with van der Waals surface area (Å²) in [5.74, 6) is 1.64. The average Bonchev–Trinajstić information content (AvgIpc) is 2.85. The van der Waals surface area contributed by atoms with Crippen molar-refractivity contribution in [3.05, 3.63) is 27.8 Å². The van der Waals surface area contributed by atoms with Gasteiger partial charge in [0.15, 0.2) is 5.76 Å². The zero-order valence-corrected chi connectivity index (χ0v) is 11.2. The summed E-state index contributed by atoms with van der Waals surface area (Å²) in [6, 6.07) is 6.11. The van der Waals surface area contributed by atoms with Crippen LogP contribution in [0.5, 0.6) is 0 Å². The van der Waals surface area contributed by atoms with Gasteiger partial charge in [0.05, 0.1) is 6.07 Å². The highest BCUT2D eigenvalue weighted by molar-refractivity contribution is 7.12. The minimum absolute atomic E-state index is 0.546. The smallest absolute Gasteiger partial charge is 0.153 e. The Morgan fingerprint density at radius 3 is 2.59 bits per heavy atom. The maximum absolute atomic E-state index is 9.12. The van der Waals surface area contributed by atoms with Crippen LogP contribution >= 0.6 is 11.3 Å². The number of nitrogens with zero attached hydrogens (tertiary/aromatic N) is 2. The molecular weight excluding hydrogens is 232 g/mol. The van der Waals surface area contributed by atoms with E-state index >= 15 is 0 Å². The van der Waals surface area contributed by atoms with Crippen molar-refractivity contribution in [3.63, 3.8) is 0 Å². The summed E-state index contributed by atoms with van der Waals surface area (Å²) in [6.07, 6.45) is 0. The van der Waals surface area contributed by atoms with Crippen LogP contribution in [0.2, 0.25) is 0 Å². The molecule has 88 valence electrons. The summed E-state index contributed by atoms with van der Waals surface area (Å²) < 4.78 is 5.57. The van der Waals surface area contributed by atoms with Crippen LogP contribution in [0.15, 0.2) is 16.5 Å². The lowest BCUT2D eigenvalue weighted by Gasteiger charge is -2.09. The van der Waals surface area contributed by atoms with Gasteiger partial charge < -0.3 is 4.42 Å². The van der Waals surface area contributed by atoms with Gasteiger partial charge in [-0.05, 0) is 39.8 Å². The summed E-state index contributed by atoms with van der Waals surface area (Å²) in [6.45, 7) is 7.66. The van der Waals surface area contributed by atoms with Gasteiger partial charge in [-0.3, -0.25) is 0 Å². The van der Waals surface area contributed by atoms with E-state index in [1.807, 2.05) is 39.8 Å². The Morgan fingerprint density at radius 2 is 2.06 bits per heavy atom. The Bertz CT molecular complexity index is 587. The first kappa shape index (κ1) is 11.9. The highest BCUT2D eigenvalue weighted by Gasteiger charge is 2.26. The van der Waals surface area contributed by atoms with Crippen molar-refractivity contribution in [1.29, 1.82) is 5.26 Å². The summed E-state index contributed by atoms with van der Waals surface area (Å²) in [4.78, 5) is 5.62. The van der Waals surface area contributed by atoms with Gasteiger partial charge in [0.1, 0.15) is 21.9 Å². The summed E-state index contributed by atoms with van der Waals surface area (Å²) in [5.41, 5.74) is 0.302. The maximum Gasteiger partial charge on any atom is 0.153 e. The molecule has 0 aromatic carbocycles. The molecule has 0 N–H and O–H groups in total. The molecule has 17 heavy (non-hydrogen) atoms.